The van der Waals surface area contributed by atoms with Gasteiger partial charge in [-0.25, -0.2) is 4.98 Å². The van der Waals surface area contributed by atoms with Crippen molar-refractivity contribution in [3.8, 4) is 0 Å². The lowest BCUT2D eigenvalue weighted by Gasteiger charge is -1.99. The third-order valence-corrected chi connectivity index (χ3v) is 2.02. The summed E-state index contributed by atoms with van der Waals surface area (Å²) in [5, 5.41) is 1.46. The normalized spacial score (nSPS) is 10.6. The Morgan fingerprint density at radius 2 is 2.23 bits per heavy atom. The Balaban J connectivity index is 2.68. The fraction of sp³-hybridized carbons (Fsp3) is 0.111. The average Bonchev–Trinajstić information content (AvgIpc) is 2.16. The maximum absolute atomic E-state index is 5.75. The van der Waals surface area contributed by atoms with E-state index in [4.69, 9.17) is 17.3 Å². The second-order valence-electron chi connectivity index (χ2n) is 2.71. The Morgan fingerprint density at radius 3 is 3.00 bits per heavy atom. The summed E-state index contributed by atoms with van der Waals surface area (Å²) in [4.78, 5) is 8.30. The summed E-state index contributed by atoms with van der Waals surface area (Å²) in [6.45, 7) is 0.421. The molecule has 0 aliphatic rings. The number of fused-ring (bicyclic) bond motifs is 1. The molecular weight excluding hydrogens is 186 g/mol. The van der Waals surface area contributed by atoms with Crippen LogP contribution in [0, 0.1) is 0 Å². The van der Waals surface area contributed by atoms with E-state index in [0.717, 1.165) is 16.6 Å². The number of hydrogen-bond acceptors (Lipinski definition) is 3. The van der Waals surface area contributed by atoms with E-state index in [1.165, 1.54) is 0 Å². The SMILES string of the molecule is NCc1cc2nc(Cl)ccc2cn1. The lowest BCUT2D eigenvalue weighted by atomic mass is 10.2. The van der Waals surface area contributed by atoms with Gasteiger partial charge >= 0.3 is 0 Å². The van der Waals surface area contributed by atoms with Gasteiger partial charge < -0.3 is 5.73 Å². The van der Waals surface area contributed by atoms with Gasteiger partial charge in [0, 0.05) is 18.1 Å². The molecule has 4 heteroatoms. The van der Waals surface area contributed by atoms with Crippen LogP contribution in [0.4, 0.5) is 0 Å². The number of hydrogen-bond donors (Lipinski definition) is 1. The van der Waals surface area contributed by atoms with E-state index >= 15 is 0 Å². The number of pyridine rings is 2. The molecule has 0 atom stereocenters. The van der Waals surface area contributed by atoms with Crippen molar-refractivity contribution in [2.45, 2.75) is 6.54 Å². The first-order chi connectivity index (χ1) is 6.29. The molecule has 2 N–H and O–H groups in total. The van der Waals surface area contributed by atoms with Crippen LogP contribution in [0.1, 0.15) is 5.69 Å². The average molecular weight is 194 g/mol. The van der Waals surface area contributed by atoms with Crippen molar-refractivity contribution in [1.29, 1.82) is 0 Å². The number of halogens is 1. The minimum absolute atomic E-state index is 0.421. The molecule has 3 nitrogen and oxygen atoms in total. The maximum atomic E-state index is 5.75. The lowest BCUT2D eigenvalue weighted by molar-refractivity contribution is 0.996. The van der Waals surface area contributed by atoms with Crippen LogP contribution in [-0.4, -0.2) is 9.97 Å². The second-order valence-corrected chi connectivity index (χ2v) is 3.09. The third kappa shape index (κ3) is 1.61. The zero-order chi connectivity index (χ0) is 9.26. The van der Waals surface area contributed by atoms with Gasteiger partial charge in [-0.3, -0.25) is 4.98 Å². The van der Waals surface area contributed by atoms with Crippen LogP contribution in [0.15, 0.2) is 24.4 Å². The van der Waals surface area contributed by atoms with Crippen molar-refractivity contribution >= 4 is 22.5 Å². The Bertz CT molecular complexity index is 442. The van der Waals surface area contributed by atoms with Crippen LogP contribution >= 0.6 is 11.6 Å². The Labute approximate surface area is 80.6 Å². The number of aromatic nitrogens is 2. The van der Waals surface area contributed by atoms with Gasteiger partial charge in [-0.15, -0.1) is 0 Å². The molecular formula is C9H8ClN3. The first-order valence-electron chi connectivity index (χ1n) is 3.91. The van der Waals surface area contributed by atoms with Gasteiger partial charge in [0.1, 0.15) is 5.15 Å². The molecule has 2 aromatic rings. The quantitative estimate of drug-likeness (QED) is 0.702. The predicted molar refractivity (Wildman–Crippen MR) is 52.4 cm³/mol. The fourth-order valence-electron chi connectivity index (χ4n) is 1.14. The summed E-state index contributed by atoms with van der Waals surface area (Å²) >= 11 is 5.75. The zero-order valence-electron chi connectivity index (χ0n) is 6.87. The van der Waals surface area contributed by atoms with Gasteiger partial charge in [-0.1, -0.05) is 11.6 Å². The van der Waals surface area contributed by atoms with Crippen molar-refractivity contribution in [2.75, 3.05) is 0 Å². The van der Waals surface area contributed by atoms with Crippen molar-refractivity contribution in [2.24, 2.45) is 5.73 Å². The van der Waals surface area contributed by atoms with E-state index < -0.39 is 0 Å². The lowest BCUT2D eigenvalue weighted by Crippen LogP contribution is -1.99. The summed E-state index contributed by atoms with van der Waals surface area (Å²) in [5.74, 6) is 0. The molecule has 0 saturated heterocycles. The molecule has 0 radical (unpaired) electrons. The van der Waals surface area contributed by atoms with Crippen molar-refractivity contribution < 1.29 is 0 Å². The van der Waals surface area contributed by atoms with Gasteiger partial charge in [0.05, 0.1) is 11.2 Å². The number of nitrogens with two attached hydrogens (primary N) is 1. The smallest absolute Gasteiger partial charge is 0.129 e. The molecule has 0 aromatic carbocycles. The highest BCUT2D eigenvalue weighted by molar-refractivity contribution is 6.29. The van der Waals surface area contributed by atoms with Crippen LogP contribution in [0.25, 0.3) is 10.9 Å². The van der Waals surface area contributed by atoms with Crippen LogP contribution in [0.3, 0.4) is 0 Å². The number of rotatable bonds is 1. The molecule has 2 aromatic heterocycles. The molecule has 0 spiro atoms. The van der Waals surface area contributed by atoms with E-state index in [1.54, 1.807) is 12.3 Å². The predicted octanol–water partition coefficient (Wildman–Crippen LogP) is 1.74. The van der Waals surface area contributed by atoms with Crippen molar-refractivity contribution in [1.82, 2.24) is 9.97 Å². The highest BCUT2D eigenvalue weighted by Gasteiger charge is 1.98. The maximum Gasteiger partial charge on any atom is 0.129 e. The minimum atomic E-state index is 0.421. The zero-order valence-corrected chi connectivity index (χ0v) is 7.62. The standard InChI is InChI=1S/C9H8ClN3/c10-9-2-1-6-5-12-7(4-11)3-8(6)13-9/h1-3,5H,4,11H2. The first kappa shape index (κ1) is 8.41. The highest BCUT2D eigenvalue weighted by atomic mass is 35.5. The van der Waals surface area contributed by atoms with E-state index in [2.05, 4.69) is 9.97 Å². The Hall–Kier alpha value is -1.19. The summed E-state index contributed by atoms with van der Waals surface area (Å²) in [6.07, 6.45) is 1.75. The Kier molecular flexibility index (Phi) is 2.12. The van der Waals surface area contributed by atoms with Gasteiger partial charge in [-0.05, 0) is 18.2 Å². The van der Waals surface area contributed by atoms with Gasteiger partial charge in [0.2, 0.25) is 0 Å². The Morgan fingerprint density at radius 1 is 1.38 bits per heavy atom. The van der Waals surface area contributed by atoms with E-state index in [9.17, 15) is 0 Å². The fourth-order valence-corrected chi connectivity index (χ4v) is 1.30. The largest absolute Gasteiger partial charge is 0.325 e. The third-order valence-electron chi connectivity index (χ3n) is 1.81. The summed E-state index contributed by atoms with van der Waals surface area (Å²) < 4.78 is 0. The summed E-state index contributed by atoms with van der Waals surface area (Å²) in [6, 6.07) is 5.48. The van der Waals surface area contributed by atoms with Crippen LogP contribution in [0.5, 0.6) is 0 Å². The molecule has 0 aliphatic heterocycles. The number of nitrogens with zero attached hydrogens (tertiary/aromatic N) is 2. The molecule has 0 bridgehead atoms. The molecule has 0 fully saturated rings. The van der Waals surface area contributed by atoms with Crippen molar-refractivity contribution in [3.63, 3.8) is 0 Å². The second kappa shape index (κ2) is 3.28. The molecule has 66 valence electrons. The van der Waals surface area contributed by atoms with Gasteiger partial charge in [0.25, 0.3) is 0 Å². The molecule has 2 heterocycles. The molecule has 0 unspecified atom stereocenters. The molecule has 0 amide bonds. The van der Waals surface area contributed by atoms with Gasteiger partial charge in [-0.2, -0.15) is 0 Å². The minimum Gasteiger partial charge on any atom is -0.325 e. The van der Waals surface area contributed by atoms with Crippen LogP contribution in [0.2, 0.25) is 5.15 Å². The van der Waals surface area contributed by atoms with E-state index in [1.807, 2.05) is 12.1 Å². The van der Waals surface area contributed by atoms with Crippen molar-refractivity contribution in [3.05, 3.63) is 35.2 Å². The summed E-state index contributed by atoms with van der Waals surface area (Å²) in [7, 11) is 0. The molecule has 0 saturated carbocycles. The highest BCUT2D eigenvalue weighted by Crippen LogP contribution is 2.14. The topological polar surface area (TPSA) is 51.8 Å². The van der Waals surface area contributed by atoms with E-state index in [0.29, 0.717) is 11.7 Å². The molecule has 2 rings (SSSR count). The monoisotopic (exact) mass is 193 g/mol. The first-order valence-corrected chi connectivity index (χ1v) is 4.28. The summed E-state index contributed by atoms with van der Waals surface area (Å²) in [5.41, 5.74) is 7.11. The van der Waals surface area contributed by atoms with Crippen LogP contribution in [-0.2, 0) is 6.54 Å². The van der Waals surface area contributed by atoms with E-state index in [-0.39, 0.29) is 0 Å². The molecule has 0 aliphatic carbocycles. The van der Waals surface area contributed by atoms with Gasteiger partial charge in [0.15, 0.2) is 0 Å². The van der Waals surface area contributed by atoms with Crippen LogP contribution < -0.4 is 5.73 Å². The molecule has 13 heavy (non-hydrogen) atoms.